The summed E-state index contributed by atoms with van der Waals surface area (Å²) in [7, 11) is -1.55. The van der Waals surface area contributed by atoms with Crippen LogP contribution in [-0.4, -0.2) is 21.0 Å². The summed E-state index contributed by atoms with van der Waals surface area (Å²) < 4.78 is 12.2. The summed E-state index contributed by atoms with van der Waals surface area (Å²) in [5, 5.41) is 0.322. The van der Waals surface area contributed by atoms with Crippen molar-refractivity contribution in [2.24, 2.45) is 0 Å². The van der Waals surface area contributed by atoms with Crippen LogP contribution in [0.25, 0.3) is 0 Å². The molecule has 1 atom stereocenters. The summed E-state index contributed by atoms with van der Waals surface area (Å²) in [5.74, 6) is 0. The molecule has 0 saturated carbocycles. The Morgan fingerprint density at radius 1 is 0.920 bits per heavy atom. The Kier molecular flexibility index (Phi) is 9.99. The van der Waals surface area contributed by atoms with Gasteiger partial charge < -0.3 is 9.16 Å². The number of rotatable bonds is 12. The van der Waals surface area contributed by atoms with Crippen molar-refractivity contribution in [3.63, 3.8) is 0 Å². The zero-order chi connectivity index (χ0) is 18.8. The van der Waals surface area contributed by atoms with Crippen LogP contribution in [0.1, 0.15) is 71.8 Å². The molecule has 0 aliphatic carbocycles. The molecular formula is C22H40O2Si. The van der Waals surface area contributed by atoms with Gasteiger partial charge in [-0.15, -0.1) is 0 Å². The van der Waals surface area contributed by atoms with Crippen molar-refractivity contribution in [1.82, 2.24) is 0 Å². The van der Waals surface area contributed by atoms with Gasteiger partial charge in [0.05, 0.1) is 12.7 Å². The zero-order valence-electron chi connectivity index (χ0n) is 17.4. The van der Waals surface area contributed by atoms with Gasteiger partial charge in [0.25, 0.3) is 0 Å². The first-order valence-electron chi connectivity index (χ1n) is 10.0. The largest absolute Gasteiger partial charge is 0.417 e. The van der Waals surface area contributed by atoms with Crippen LogP contribution in [0.3, 0.4) is 0 Å². The van der Waals surface area contributed by atoms with E-state index in [0.717, 1.165) is 19.6 Å². The molecule has 1 aromatic rings. The number of hydrogen-bond donors (Lipinski definition) is 0. The Morgan fingerprint density at radius 3 is 2.16 bits per heavy atom. The minimum atomic E-state index is -1.55. The highest BCUT2D eigenvalue weighted by atomic mass is 28.4. The Labute approximate surface area is 157 Å². The fourth-order valence-electron chi connectivity index (χ4n) is 2.50. The fourth-order valence-corrected chi connectivity index (χ4v) is 3.59. The lowest BCUT2D eigenvalue weighted by molar-refractivity contribution is 0.0458. The van der Waals surface area contributed by atoms with Crippen LogP contribution in [0.2, 0.25) is 18.1 Å². The number of ether oxygens (including phenoxy) is 1. The predicted octanol–water partition coefficient (Wildman–Crippen LogP) is 6.95. The topological polar surface area (TPSA) is 18.5 Å². The van der Waals surface area contributed by atoms with Gasteiger partial charge in [0.1, 0.15) is 0 Å². The van der Waals surface area contributed by atoms with E-state index in [1.54, 1.807) is 0 Å². The number of benzene rings is 1. The molecule has 0 aromatic heterocycles. The zero-order valence-corrected chi connectivity index (χ0v) is 18.4. The van der Waals surface area contributed by atoms with Gasteiger partial charge in [-0.05, 0) is 43.5 Å². The van der Waals surface area contributed by atoms with Gasteiger partial charge in [-0.3, -0.25) is 0 Å². The van der Waals surface area contributed by atoms with Gasteiger partial charge >= 0.3 is 0 Å². The molecule has 3 heteroatoms. The van der Waals surface area contributed by atoms with E-state index >= 15 is 0 Å². The van der Waals surface area contributed by atoms with E-state index in [1.165, 1.54) is 37.7 Å². The third-order valence-electron chi connectivity index (χ3n) is 5.40. The van der Waals surface area contributed by atoms with E-state index in [-0.39, 0.29) is 0 Å². The lowest BCUT2D eigenvalue weighted by Gasteiger charge is -2.36. The molecule has 0 amide bonds. The Bertz CT molecular complexity index is 451. The molecule has 1 rings (SSSR count). The van der Waals surface area contributed by atoms with Crippen LogP contribution in [0.15, 0.2) is 30.3 Å². The van der Waals surface area contributed by atoms with Crippen LogP contribution < -0.4 is 0 Å². The van der Waals surface area contributed by atoms with Crippen molar-refractivity contribution in [1.29, 1.82) is 0 Å². The molecule has 0 aliphatic rings. The second-order valence-corrected chi connectivity index (χ2v) is 13.6. The Hall–Kier alpha value is -0.643. The molecule has 1 aromatic carbocycles. The van der Waals surface area contributed by atoms with Crippen molar-refractivity contribution in [3.8, 4) is 0 Å². The van der Waals surface area contributed by atoms with Crippen molar-refractivity contribution >= 4 is 8.32 Å². The van der Waals surface area contributed by atoms with Crippen LogP contribution in [-0.2, 0) is 15.8 Å². The molecule has 25 heavy (non-hydrogen) atoms. The number of hydrogen-bond acceptors (Lipinski definition) is 2. The molecule has 144 valence electrons. The van der Waals surface area contributed by atoms with E-state index in [1.807, 2.05) is 6.07 Å². The van der Waals surface area contributed by atoms with Crippen molar-refractivity contribution in [2.45, 2.75) is 97.1 Å². The summed E-state index contributed by atoms with van der Waals surface area (Å²) in [6, 6.07) is 10.4. The lowest BCUT2D eigenvalue weighted by atomic mass is 10.1. The molecule has 0 N–H and O–H groups in total. The minimum Gasteiger partial charge on any atom is -0.417 e. The van der Waals surface area contributed by atoms with Crippen molar-refractivity contribution in [3.05, 3.63) is 35.9 Å². The van der Waals surface area contributed by atoms with Gasteiger partial charge in [0.15, 0.2) is 8.32 Å². The average molecular weight is 365 g/mol. The molecule has 0 saturated heterocycles. The second-order valence-electron chi connectivity index (χ2n) is 8.77. The summed E-state index contributed by atoms with van der Waals surface area (Å²) >= 11 is 0. The molecule has 0 fully saturated rings. The van der Waals surface area contributed by atoms with E-state index in [0.29, 0.717) is 11.1 Å². The van der Waals surface area contributed by atoms with Crippen molar-refractivity contribution < 1.29 is 9.16 Å². The van der Waals surface area contributed by atoms with Gasteiger partial charge in [-0.25, -0.2) is 0 Å². The van der Waals surface area contributed by atoms with Crippen LogP contribution >= 0.6 is 0 Å². The Balaban J connectivity index is 1.98. The normalized spacial score (nSPS) is 13.8. The Morgan fingerprint density at radius 2 is 1.52 bits per heavy atom. The molecule has 0 bridgehead atoms. The summed E-state index contributed by atoms with van der Waals surface area (Å²) in [5.41, 5.74) is 1.26. The van der Waals surface area contributed by atoms with Crippen LogP contribution in [0.5, 0.6) is 0 Å². The second kappa shape index (κ2) is 11.2. The van der Waals surface area contributed by atoms with E-state index in [9.17, 15) is 0 Å². The van der Waals surface area contributed by atoms with E-state index in [4.69, 9.17) is 9.16 Å². The predicted molar refractivity (Wildman–Crippen MR) is 112 cm³/mol. The summed E-state index contributed by atoms with van der Waals surface area (Å²) in [6.45, 7) is 15.4. The monoisotopic (exact) mass is 364 g/mol. The summed E-state index contributed by atoms with van der Waals surface area (Å²) in [6.07, 6.45) is 7.88. The SMILES string of the molecule is C[C@H](CCCCCCCO[Si](C)(C)C(C)(C)C)OCc1ccccc1. The van der Waals surface area contributed by atoms with Gasteiger partial charge in [-0.1, -0.05) is 76.8 Å². The van der Waals surface area contributed by atoms with Crippen molar-refractivity contribution in [2.75, 3.05) is 6.61 Å². The maximum absolute atomic E-state index is 6.23. The third kappa shape index (κ3) is 9.57. The number of unbranched alkanes of at least 4 members (excludes halogenated alkanes) is 4. The minimum absolute atomic E-state index is 0.322. The molecule has 0 radical (unpaired) electrons. The summed E-state index contributed by atoms with van der Waals surface area (Å²) in [4.78, 5) is 0. The van der Waals surface area contributed by atoms with Gasteiger partial charge in [-0.2, -0.15) is 0 Å². The standard InChI is InChI=1S/C22H40O2Si/c1-20(23-19-21-16-12-10-13-17-21)15-11-8-7-9-14-18-24-25(5,6)22(2,3)4/h10,12-13,16-17,20H,7-9,11,14-15,18-19H2,1-6H3/t20-/m1/s1. The van der Waals surface area contributed by atoms with E-state index in [2.05, 4.69) is 65.1 Å². The smallest absolute Gasteiger partial charge is 0.191 e. The van der Waals surface area contributed by atoms with Gasteiger partial charge in [0, 0.05) is 6.61 Å². The maximum Gasteiger partial charge on any atom is 0.191 e. The average Bonchev–Trinajstić information content (AvgIpc) is 2.55. The first kappa shape index (κ1) is 22.4. The van der Waals surface area contributed by atoms with Crippen LogP contribution in [0, 0.1) is 0 Å². The molecule has 0 heterocycles. The molecule has 0 spiro atoms. The quantitative estimate of drug-likeness (QED) is 0.295. The van der Waals surface area contributed by atoms with Crippen LogP contribution in [0.4, 0.5) is 0 Å². The fraction of sp³-hybridized carbons (Fsp3) is 0.727. The third-order valence-corrected chi connectivity index (χ3v) is 9.94. The molecule has 0 unspecified atom stereocenters. The highest BCUT2D eigenvalue weighted by molar-refractivity contribution is 6.74. The molecular weight excluding hydrogens is 324 g/mol. The maximum atomic E-state index is 6.23. The highest BCUT2D eigenvalue weighted by Crippen LogP contribution is 2.36. The first-order valence-corrected chi connectivity index (χ1v) is 12.9. The molecule has 0 aliphatic heterocycles. The lowest BCUT2D eigenvalue weighted by Crippen LogP contribution is -2.40. The van der Waals surface area contributed by atoms with E-state index < -0.39 is 8.32 Å². The van der Waals surface area contributed by atoms with Gasteiger partial charge in [0.2, 0.25) is 0 Å². The highest BCUT2D eigenvalue weighted by Gasteiger charge is 2.36. The molecule has 2 nitrogen and oxygen atoms in total. The first-order chi connectivity index (χ1) is 11.7.